The standard InChI is InChI=1S/C20H15ClF4N4O5S/c1-28-16(31)14-9(15(21)33-17(14)29(2)19(28)32)6-13(30)27-18-26-11(7-35-18)8-3-4-12(10(22)5-8)34-20(23,24)25/h3-5,7,14,17H,6H2,1-2H3,(H,26,27,30). The Kier molecular flexibility index (Phi) is 6.36. The summed E-state index contributed by atoms with van der Waals surface area (Å²) in [5, 5.41) is 3.95. The van der Waals surface area contributed by atoms with Crippen LogP contribution in [0.1, 0.15) is 6.42 Å². The van der Waals surface area contributed by atoms with E-state index in [-0.39, 0.29) is 33.6 Å². The molecule has 1 fully saturated rings. The first-order valence-corrected chi connectivity index (χ1v) is 11.0. The lowest BCUT2D eigenvalue weighted by molar-refractivity contribution is -0.275. The molecule has 3 heterocycles. The van der Waals surface area contributed by atoms with Crippen molar-refractivity contribution in [2.24, 2.45) is 5.92 Å². The number of anilines is 1. The molecule has 1 aromatic carbocycles. The van der Waals surface area contributed by atoms with Crippen LogP contribution in [0.3, 0.4) is 0 Å². The van der Waals surface area contributed by atoms with Gasteiger partial charge in [0.25, 0.3) is 0 Å². The molecule has 2 atom stereocenters. The first-order valence-electron chi connectivity index (χ1n) is 9.76. The van der Waals surface area contributed by atoms with Crippen LogP contribution in [0.4, 0.5) is 27.5 Å². The third kappa shape index (κ3) is 4.89. The highest BCUT2D eigenvalue weighted by Gasteiger charge is 2.51. The molecular weight excluding hydrogens is 520 g/mol. The summed E-state index contributed by atoms with van der Waals surface area (Å²) in [6, 6.07) is 2.26. The van der Waals surface area contributed by atoms with Gasteiger partial charge in [-0.05, 0) is 29.8 Å². The van der Waals surface area contributed by atoms with E-state index in [2.05, 4.69) is 15.0 Å². The number of benzene rings is 1. The molecule has 2 aromatic rings. The lowest BCUT2D eigenvalue weighted by atomic mass is 9.93. The molecule has 2 aliphatic rings. The predicted molar refractivity (Wildman–Crippen MR) is 115 cm³/mol. The fourth-order valence-corrected chi connectivity index (χ4v) is 4.62. The van der Waals surface area contributed by atoms with Crippen molar-refractivity contribution in [1.29, 1.82) is 0 Å². The second kappa shape index (κ2) is 9.00. The number of thiazole rings is 1. The number of carbonyl (C=O) groups is 3. The van der Waals surface area contributed by atoms with E-state index in [1.54, 1.807) is 0 Å². The second-order valence-electron chi connectivity index (χ2n) is 7.53. The summed E-state index contributed by atoms with van der Waals surface area (Å²) >= 11 is 7.11. The second-order valence-corrected chi connectivity index (χ2v) is 8.73. The van der Waals surface area contributed by atoms with Crippen molar-refractivity contribution in [3.05, 3.63) is 40.2 Å². The molecule has 0 aliphatic carbocycles. The minimum absolute atomic E-state index is 0.118. The van der Waals surface area contributed by atoms with Gasteiger partial charge in [-0.3, -0.25) is 19.4 Å². The molecule has 35 heavy (non-hydrogen) atoms. The molecule has 0 bridgehead atoms. The minimum atomic E-state index is -5.04. The van der Waals surface area contributed by atoms with Gasteiger partial charge in [0.15, 0.2) is 28.1 Å². The highest BCUT2D eigenvalue weighted by Crippen LogP contribution is 2.40. The molecule has 4 rings (SSSR count). The van der Waals surface area contributed by atoms with E-state index in [4.69, 9.17) is 16.3 Å². The average Bonchev–Trinajstić information content (AvgIpc) is 3.36. The normalized spacial score (nSPS) is 20.2. The fourth-order valence-electron chi connectivity index (χ4n) is 3.61. The van der Waals surface area contributed by atoms with Crippen molar-refractivity contribution in [1.82, 2.24) is 14.8 Å². The average molecular weight is 535 g/mol. The molecule has 1 aromatic heterocycles. The SMILES string of the molecule is CN1C(=O)C2C(CC(=O)Nc3nc(-c4ccc(OC(F)(F)F)c(F)c4)cs3)=C(Cl)OC2N(C)C1=O. The van der Waals surface area contributed by atoms with Crippen molar-refractivity contribution in [3.8, 4) is 17.0 Å². The number of hydrogen-bond acceptors (Lipinski definition) is 7. The van der Waals surface area contributed by atoms with Gasteiger partial charge in [-0.15, -0.1) is 24.5 Å². The Balaban J connectivity index is 1.44. The molecule has 0 saturated carbocycles. The lowest BCUT2D eigenvalue weighted by Crippen LogP contribution is -2.58. The molecule has 2 aliphatic heterocycles. The summed E-state index contributed by atoms with van der Waals surface area (Å²) < 4.78 is 60.0. The Labute approximate surface area is 203 Å². The van der Waals surface area contributed by atoms with E-state index in [0.717, 1.165) is 28.4 Å². The molecule has 9 nitrogen and oxygen atoms in total. The first kappa shape index (κ1) is 24.7. The number of nitrogens with one attached hydrogen (secondary N) is 1. The molecule has 186 valence electrons. The van der Waals surface area contributed by atoms with Crippen LogP contribution >= 0.6 is 22.9 Å². The summed E-state index contributed by atoms with van der Waals surface area (Å²) in [6.45, 7) is 0. The van der Waals surface area contributed by atoms with Gasteiger partial charge in [0.2, 0.25) is 11.8 Å². The zero-order valence-corrected chi connectivity index (χ0v) is 19.4. The Morgan fingerprint density at radius 1 is 1.31 bits per heavy atom. The summed E-state index contributed by atoms with van der Waals surface area (Å²) in [5.41, 5.74) is 0.563. The van der Waals surface area contributed by atoms with Gasteiger partial charge in [0, 0.05) is 30.6 Å². The largest absolute Gasteiger partial charge is 0.573 e. The summed E-state index contributed by atoms with van der Waals surface area (Å²) in [5.74, 6) is -4.32. The number of halogens is 5. The zero-order valence-electron chi connectivity index (χ0n) is 17.9. The van der Waals surface area contributed by atoms with Crippen LogP contribution in [0.5, 0.6) is 5.75 Å². The lowest BCUT2D eigenvalue weighted by Gasteiger charge is -2.37. The van der Waals surface area contributed by atoms with Gasteiger partial charge >= 0.3 is 12.4 Å². The van der Waals surface area contributed by atoms with Crippen LogP contribution in [-0.2, 0) is 14.3 Å². The van der Waals surface area contributed by atoms with E-state index < -0.39 is 47.9 Å². The van der Waals surface area contributed by atoms with Crippen LogP contribution < -0.4 is 10.1 Å². The van der Waals surface area contributed by atoms with Crippen molar-refractivity contribution in [3.63, 3.8) is 0 Å². The Morgan fingerprint density at radius 2 is 2.03 bits per heavy atom. The van der Waals surface area contributed by atoms with Crippen LogP contribution in [-0.4, -0.2) is 59.3 Å². The van der Waals surface area contributed by atoms with Crippen molar-refractivity contribution in [2.75, 3.05) is 19.4 Å². The smallest absolute Gasteiger partial charge is 0.458 e. The predicted octanol–water partition coefficient (Wildman–Crippen LogP) is 4.12. The highest BCUT2D eigenvalue weighted by molar-refractivity contribution is 7.14. The quantitative estimate of drug-likeness (QED) is 0.579. The number of ether oxygens (including phenoxy) is 2. The van der Waals surface area contributed by atoms with Gasteiger partial charge in [-0.2, -0.15) is 0 Å². The maximum Gasteiger partial charge on any atom is 0.573 e. The van der Waals surface area contributed by atoms with Crippen molar-refractivity contribution < 1.29 is 41.4 Å². The molecule has 0 radical (unpaired) electrons. The van der Waals surface area contributed by atoms with Gasteiger partial charge in [-0.1, -0.05) is 0 Å². The Morgan fingerprint density at radius 3 is 2.69 bits per heavy atom. The third-order valence-corrected chi connectivity index (χ3v) is 6.35. The number of fused-ring (bicyclic) bond motifs is 1. The number of rotatable bonds is 5. The van der Waals surface area contributed by atoms with E-state index in [9.17, 15) is 31.9 Å². The van der Waals surface area contributed by atoms with Gasteiger partial charge in [0.05, 0.1) is 12.1 Å². The first-order chi connectivity index (χ1) is 16.4. The van der Waals surface area contributed by atoms with E-state index >= 15 is 0 Å². The van der Waals surface area contributed by atoms with Crippen molar-refractivity contribution >= 4 is 45.9 Å². The van der Waals surface area contributed by atoms with Gasteiger partial charge < -0.3 is 14.8 Å². The Hall–Kier alpha value is -3.39. The fraction of sp³-hybridized carbons (Fsp3) is 0.300. The van der Waals surface area contributed by atoms with Crippen LogP contribution in [0.2, 0.25) is 0 Å². The number of alkyl halides is 3. The topological polar surface area (TPSA) is 101 Å². The molecule has 4 amide bonds. The van der Waals surface area contributed by atoms with E-state index in [1.807, 2.05) is 0 Å². The molecular formula is C20H15ClF4N4O5S. The van der Waals surface area contributed by atoms with E-state index in [1.165, 1.54) is 30.4 Å². The number of aromatic nitrogens is 1. The van der Waals surface area contributed by atoms with Crippen LogP contribution in [0, 0.1) is 11.7 Å². The maximum absolute atomic E-state index is 14.0. The number of amides is 4. The molecule has 1 N–H and O–H groups in total. The minimum Gasteiger partial charge on any atom is -0.458 e. The van der Waals surface area contributed by atoms with Crippen LogP contribution in [0.15, 0.2) is 34.4 Å². The molecule has 15 heteroatoms. The van der Waals surface area contributed by atoms with Crippen LogP contribution in [0.25, 0.3) is 11.3 Å². The third-order valence-electron chi connectivity index (χ3n) is 5.26. The summed E-state index contributed by atoms with van der Waals surface area (Å²) in [4.78, 5) is 43.6. The number of nitrogens with zero attached hydrogens (tertiary/aromatic N) is 3. The van der Waals surface area contributed by atoms with Crippen molar-refractivity contribution in [2.45, 2.75) is 19.0 Å². The number of imide groups is 1. The van der Waals surface area contributed by atoms with Gasteiger partial charge in [0.1, 0.15) is 5.92 Å². The Bertz CT molecular complexity index is 1250. The summed E-state index contributed by atoms with van der Waals surface area (Å²) in [6.07, 6.45) is -6.33. The molecule has 1 saturated heterocycles. The van der Waals surface area contributed by atoms with E-state index in [0.29, 0.717) is 0 Å². The molecule has 2 unspecified atom stereocenters. The maximum atomic E-state index is 14.0. The monoisotopic (exact) mass is 534 g/mol. The number of carbonyl (C=O) groups excluding carboxylic acids is 3. The number of hydrogen-bond donors (Lipinski definition) is 1. The molecule has 0 spiro atoms. The summed E-state index contributed by atoms with van der Waals surface area (Å²) in [7, 11) is 2.75. The zero-order chi connectivity index (χ0) is 25.7. The van der Waals surface area contributed by atoms with Gasteiger partial charge in [-0.25, -0.2) is 14.2 Å². The highest BCUT2D eigenvalue weighted by atomic mass is 35.5. The number of urea groups is 1.